The fourth-order valence-electron chi connectivity index (χ4n) is 10.4. The van der Waals surface area contributed by atoms with E-state index in [1.54, 1.807) is 0 Å². The average molecular weight is 707 g/mol. The molecule has 0 aromatic heterocycles. The van der Waals surface area contributed by atoms with Crippen LogP contribution in [0.15, 0.2) is 176 Å². The summed E-state index contributed by atoms with van der Waals surface area (Å²) in [7, 11) is 0. The number of anilines is 5. The maximum Gasteiger partial charge on any atom is 0.0746 e. The summed E-state index contributed by atoms with van der Waals surface area (Å²) in [6.07, 6.45) is 7.92. The van der Waals surface area contributed by atoms with Crippen LogP contribution in [0.1, 0.15) is 66.1 Å². The normalized spacial score (nSPS) is 17.4. The van der Waals surface area contributed by atoms with Crippen LogP contribution < -0.4 is 10.2 Å². The molecule has 7 aromatic rings. The fraction of sp³-hybridized carbons (Fsp3) is 0.132. The molecule has 0 saturated heterocycles. The minimum absolute atomic E-state index is 0.220. The second-order valence-corrected chi connectivity index (χ2v) is 16.2. The molecule has 1 spiro atoms. The molecule has 264 valence electrons. The van der Waals surface area contributed by atoms with Crippen molar-refractivity contribution in [1.29, 1.82) is 0 Å². The van der Waals surface area contributed by atoms with Crippen molar-refractivity contribution in [1.82, 2.24) is 0 Å². The second kappa shape index (κ2) is 11.8. The lowest BCUT2D eigenvalue weighted by Gasteiger charge is -2.42. The van der Waals surface area contributed by atoms with Crippen LogP contribution in [0.4, 0.5) is 28.4 Å². The molecule has 1 heterocycles. The summed E-state index contributed by atoms with van der Waals surface area (Å²) in [6.45, 7) is 7.12. The maximum atomic E-state index is 4.22. The zero-order valence-electron chi connectivity index (χ0n) is 31.5. The molecule has 4 aliphatic rings. The first-order chi connectivity index (χ1) is 27.0. The Balaban J connectivity index is 1.19. The maximum absolute atomic E-state index is 4.22. The number of hydrogen-bond acceptors (Lipinski definition) is 2. The second-order valence-electron chi connectivity index (χ2n) is 16.2. The zero-order chi connectivity index (χ0) is 36.9. The predicted octanol–water partition coefficient (Wildman–Crippen LogP) is 13.9. The van der Waals surface area contributed by atoms with Crippen molar-refractivity contribution in [2.45, 2.75) is 38.0 Å². The van der Waals surface area contributed by atoms with Crippen LogP contribution in [0.25, 0.3) is 27.8 Å². The van der Waals surface area contributed by atoms with Crippen molar-refractivity contribution >= 4 is 34.0 Å². The van der Waals surface area contributed by atoms with Crippen molar-refractivity contribution in [2.75, 3.05) is 10.2 Å². The van der Waals surface area contributed by atoms with Gasteiger partial charge in [-0.1, -0.05) is 160 Å². The molecule has 1 aliphatic heterocycles. The number of benzene rings is 7. The quantitative estimate of drug-likeness (QED) is 0.196. The molecule has 11 rings (SSSR count). The molecular formula is C53H42N2. The molecule has 0 fully saturated rings. The van der Waals surface area contributed by atoms with E-state index in [0.717, 1.165) is 12.1 Å². The third-order valence-electron chi connectivity index (χ3n) is 12.9. The Labute approximate surface area is 324 Å². The van der Waals surface area contributed by atoms with Crippen molar-refractivity contribution in [3.8, 4) is 22.3 Å². The van der Waals surface area contributed by atoms with E-state index in [0.29, 0.717) is 5.92 Å². The number of para-hydroxylation sites is 2. The van der Waals surface area contributed by atoms with E-state index in [-0.39, 0.29) is 5.41 Å². The zero-order valence-corrected chi connectivity index (χ0v) is 31.5. The van der Waals surface area contributed by atoms with Crippen LogP contribution in [-0.4, -0.2) is 0 Å². The van der Waals surface area contributed by atoms with E-state index in [4.69, 9.17) is 0 Å². The fourth-order valence-corrected chi connectivity index (χ4v) is 10.4. The molecule has 0 bridgehead atoms. The van der Waals surface area contributed by atoms with Gasteiger partial charge < -0.3 is 10.2 Å². The van der Waals surface area contributed by atoms with Crippen molar-refractivity contribution in [2.24, 2.45) is 5.92 Å². The summed E-state index contributed by atoms with van der Waals surface area (Å²) in [6, 6.07) is 58.9. The van der Waals surface area contributed by atoms with Crippen LogP contribution in [0.5, 0.6) is 0 Å². The molecule has 2 nitrogen and oxygen atoms in total. The third kappa shape index (κ3) is 4.37. The lowest BCUT2D eigenvalue weighted by Crippen LogP contribution is -2.30. The first-order valence-corrected chi connectivity index (χ1v) is 19.7. The molecule has 0 radical (unpaired) electrons. The van der Waals surface area contributed by atoms with Gasteiger partial charge in [-0.25, -0.2) is 0 Å². The third-order valence-corrected chi connectivity index (χ3v) is 12.9. The molecule has 0 saturated carbocycles. The van der Waals surface area contributed by atoms with Gasteiger partial charge in [-0.3, -0.25) is 0 Å². The summed E-state index contributed by atoms with van der Waals surface area (Å²) in [5, 5.41) is 4.22. The average Bonchev–Trinajstić information content (AvgIpc) is 3.70. The molecule has 3 aliphatic carbocycles. The van der Waals surface area contributed by atoms with Crippen molar-refractivity contribution in [3.05, 3.63) is 215 Å². The summed E-state index contributed by atoms with van der Waals surface area (Å²) in [5.41, 5.74) is 21.2. The SMILES string of the molecule is CC1CC=CC=C1c1ccc2c(c1Nc1ccc3c(c1)C(C)(C)c1ccccc1N3c1ccccc1)C1(c3ccccc3-c3ccccc31)c1ccccc1-2. The highest BCUT2D eigenvalue weighted by molar-refractivity contribution is 6.01. The van der Waals surface area contributed by atoms with Gasteiger partial charge in [0.25, 0.3) is 0 Å². The van der Waals surface area contributed by atoms with Crippen molar-refractivity contribution in [3.63, 3.8) is 0 Å². The Morgan fingerprint density at radius 1 is 0.545 bits per heavy atom. The minimum atomic E-state index is -0.470. The standard InChI is InChI=1S/C53H42N2/c1-34-17-7-8-20-37(34)42-31-30-41-40-23-11-14-26-45(40)53(43-24-12-9-21-38(43)39-22-10-13-25-44(39)53)50(41)51(42)54-35-29-32-49-47(33-35)52(2,3)46-27-15-16-28-48(46)55(49)36-18-5-4-6-19-36/h4-16,18-34,54H,17H2,1-3H3. The molecular weight excluding hydrogens is 665 g/mol. The van der Waals surface area contributed by atoms with Crippen LogP contribution in [0, 0.1) is 5.92 Å². The Morgan fingerprint density at radius 2 is 1.11 bits per heavy atom. The summed E-state index contributed by atoms with van der Waals surface area (Å²) < 4.78 is 0. The van der Waals surface area contributed by atoms with E-state index in [2.05, 4.69) is 207 Å². The Kier molecular flexibility index (Phi) is 6.89. The van der Waals surface area contributed by atoms with E-state index in [1.807, 2.05) is 0 Å². The minimum Gasteiger partial charge on any atom is -0.355 e. The number of fused-ring (bicyclic) bond motifs is 12. The van der Waals surface area contributed by atoms with Gasteiger partial charge in [-0.15, -0.1) is 0 Å². The van der Waals surface area contributed by atoms with E-state index in [9.17, 15) is 0 Å². The predicted molar refractivity (Wildman–Crippen MR) is 230 cm³/mol. The van der Waals surface area contributed by atoms with Gasteiger partial charge in [-0.05, 0) is 104 Å². The van der Waals surface area contributed by atoms with Crippen LogP contribution in [-0.2, 0) is 10.8 Å². The van der Waals surface area contributed by atoms with Crippen LogP contribution in [0.2, 0.25) is 0 Å². The Hall–Kier alpha value is -6.38. The lowest BCUT2D eigenvalue weighted by atomic mass is 9.69. The van der Waals surface area contributed by atoms with E-state index < -0.39 is 5.41 Å². The largest absolute Gasteiger partial charge is 0.355 e. The Bertz CT molecular complexity index is 2700. The summed E-state index contributed by atoms with van der Waals surface area (Å²) in [5.74, 6) is 0.393. The van der Waals surface area contributed by atoms with Gasteiger partial charge in [0.1, 0.15) is 0 Å². The highest BCUT2D eigenvalue weighted by atomic mass is 15.2. The summed E-state index contributed by atoms with van der Waals surface area (Å²) in [4.78, 5) is 2.43. The number of nitrogens with zero attached hydrogens (tertiary/aromatic N) is 1. The van der Waals surface area contributed by atoms with E-state index in [1.165, 1.54) is 89.5 Å². The molecule has 0 amide bonds. The number of rotatable bonds is 4. The topological polar surface area (TPSA) is 15.3 Å². The van der Waals surface area contributed by atoms with Gasteiger partial charge in [0.05, 0.1) is 22.5 Å². The number of allylic oxidation sites excluding steroid dienone is 4. The molecule has 2 heteroatoms. The molecule has 1 N–H and O–H groups in total. The molecule has 7 aromatic carbocycles. The van der Waals surface area contributed by atoms with Gasteiger partial charge in [-0.2, -0.15) is 0 Å². The van der Waals surface area contributed by atoms with Gasteiger partial charge in [0, 0.05) is 27.9 Å². The van der Waals surface area contributed by atoms with Crippen molar-refractivity contribution < 1.29 is 0 Å². The van der Waals surface area contributed by atoms with Crippen LogP contribution in [0.3, 0.4) is 0 Å². The first-order valence-electron chi connectivity index (χ1n) is 19.7. The lowest BCUT2D eigenvalue weighted by molar-refractivity contribution is 0.632. The Morgan fingerprint density at radius 3 is 1.78 bits per heavy atom. The molecule has 1 atom stereocenters. The monoisotopic (exact) mass is 706 g/mol. The van der Waals surface area contributed by atoms with Gasteiger partial charge in [0.15, 0.2) is 0 Å². The van der Waals surface area contributed by atoms with Gasteiger partial charge >= 0.3 is 0 Å². The molecule has 1 unspecified atom stereocenters. The van der Waals surface area contributed by atoms with Crippen LogP contribution >= 0.6 is 0 Å². The van der Waals surface area contributed by atoms with E-state index >= 15 is 0 Å². The first kappa shape index (κ1) is 32.1. The molecule has 55 heavy (non-hydrogen) atoms. The summed E-state index contributed by atoms with van der Waals surface area (Å²) >= 11 is 0. The highest BCUT2D eigenvalue weighted by Crippen LogP contribution is 2.65. The number of nitrogens with one attached hydrogen (secondary N) is 1. The smallest absolute Gasteiger partial charge is 0.0746 e. The number of hydrogen-bond donors (Lipinski definition) is 1. The van der Waals surface area contributed by atoms with Gasteiger partial charge in [0.2, 0.25) is 0 Å². The highest BCUT2D eigenvalue weighted by Gasteiger charge is 2.53.